The Morgan fingerprint density at radius 1 is 0.979 bits per heavy atom. The minimum atomic E-state index is -4.78. The van der Waals surface area contributed by atoms with Gasteiger partial charge in [-0.1, -0.05) is 17.3 Å². The first-order chi connectivity index (χ1) is 22.4. The topological polar surface area (TPSA) is 113 Å². The van der Waals surface area contributed by atoms with Crippen molar-refractivity contribution >= 4 is 26.7 Å². The fourth-order valence-electron chi connectivity index (χ4n) is 5.60. The molecule has 10 nitrogen and oxygen atoms in total. The van der Waals surface area contributed by atoms with Crippen molar-refractivity contribution < 1.29 is 44.7 Å². The van der Waals surface area contributed by atoms with Crippen LogP contribution in [0, 0.1) is 5.82 Å². The zero-order valence-electron chi connectivity index (χ0n) is 24.9. The molecule has 3 aromatic carbocycles. The summed E-state index contributed by atoms with van der Waals surface area (Å²) in [5.74, 6) is -0.518. The van der Waals surface area contributed by atoms with E-state index in [-0.39, 0.29) is 52.6 Å². The van der Waals surface area contributed by atoms with Gasteiger partial charge in [-0.25, -0.2) is 17.1 Å². The molecule has 0 atom stereocenters. The Kier molecular flexibility index (Phi) is 8.44. The maximum absolute atomic E-state index is 15.4. The molecule has 0 saturated heterocycles. The molecular weight excluding hydrogens is 646 g/mol. The van der Waals surface area contributed by atoms with E-state index in [9.17, 15) is 26.4 Å². The number of halogens is 4. The Balaban J connectivity index is 1.36. The van der Waals surface area contributed by atoms with E-state index in [0.717, 1.165) is 10.4 Å². The largest absolute Gasteiger partial charge is 0.522 e. The van der Waals surface area contributed by atoms with Gasteiger partial charge in [0.25, 0.3) is 15.6 Å². The fourth-order valence-corrected chi connectivity index (χ4v) is 7.03. The minimum Gasteiger partial charge on any atom is -0.497 e. The number of alkyl halides is 3. The van der Waals surface area contributed by atoms with Crippen LogP contribution in [-0.4, -0.2) is 44.8 Å². The van der Waals surface area contributed by atoms with Crippen LogP contribution in [-0.2, 0) is 21.3 Å². The SMILES string of the molecule is COc1ccc(CN(c2ccon2)S(=O)(=O)c2ccc3c(ccc(=O)n3-c3cc(F)c([C@H]4C[C@H](OC(F)(F)F)C4)cc3OC)c2)cc1. The molecule has 0 radical (unpaired) electrons. The maximum atomic E-state index is 15.4. The van der Waals surface area contributed by atoms with Crippen molar-refractivity contribution in [3.63, 3.8) is 0 Å². The highest BCUT2D eigenvalue weighted by Crippen LogP contribution is 2.44. The molecule has 1 aliphatic rings. The number of rotatable bonds is 10. The van der Waals surface area contributed by atoms with Crippen molar-refractivity contribution in [3.05, 3.63) is 106 Å². The standard InChI is InChI=1S/C32H27F4N3O7S/c1-43-22-6-3-19(4-7-22)18-38(30-11-12-45-37-30)47(41,42)24-8-9-27-20(15-24)5-10-31(40)39(27)28-17-26(33)25(16-29(28)44-2)21-13-23(14-21)46-32(34,35)36/h3-12,15-17,21,23H,13-14,18H2,1-2H3/t21-,23-. The van der Waals surface area contributed by atoms with Gasteiger partial charge in [-0.3, -0.25) is 14.1 Å². The molecule has 1 saturated carbocycles. The number of benzene rings is 3. The molecule has 2 heterocycles. The lowest BCUT2D eigenvalue weighted by atomic mass is 9.77. The smallest absolute Gasteiger partial charge is 0.497 e. The molecule has 246 valence electrons. The van der Waals surface area contributed by atoms with E-state index in [4.69, 9.17) is 14.0 Å². The van der Waals surface area contributed by atoms with Crippen LogP contribution in [0.15, 0.2) is 93.3 Å². The number of anilines is 1. The monoisotopic (exact) mass is 673 g/mol. The Morgan fingerprint density at radius 3 is 2.36 bits per heavy atom. The van der Waals surface area contributed by atoms with Crippen LogP contribution < -0.4 is 19.3 Å². The number of sulfonamides is 1. The van der Waals surface area contributed by atoms with E-state index < -0.39 is 39.8 Å². The molecule has 0 unspecified atom stereocenters. The van der Waals surface area contributed by atoms with Crippen LogP contribution in [0.1, 0.15) is 29.9 Å². The molecule has 0 bridgehead atoms. The molecule has 0 spiro atoms. The quantitative estimate of drug-likeness (QED) is 0.159. The third kappa shape index (κ3) is 6.40. The summed E-state index contributed by atoms with van der Waals surface area (Å²) < 4.78 is 103. The minimum absolute atomic E-state index is 0.0334. The third-order valence-electron chi connectivity index (χ3n) is 7.99. The highest BCUT2D eigenvalue weighted by molar-refractivity contribution is 7.92. The predicted molar refractivity (Wildman–Crippen MR) is 162 cm³/mol. The van der Waals surface area contributed by atoms with Crippen LogP contribution in [0.3, 0.4) is 0 Å². The average molecular weight is 674 g/mol. The lowest BCUT2D eigenvalue weighted by Crippen LogP contribution is -2.35. The number of fused-ring (bicyclic) bond motifs is 1. The van der Waals surface area contributed by atoms with Crippen molar-refractivity contribution in [3.8, 4) is 17.2 Å². The number of aromatic nitrogens is 2. The second-order valence-corrected chi connectivity index (χ2v) is 12.7. The van der Waals surface area contributed by atoms with Gasteiger partial charge >= 0.3 is 6.36 Å². The Morgan fingerprint density at radius 2 is 1.72 bits per heavy atom. The zero-order valence-corrected chi connectivity index (χ0v) is 25.7. The Labute approximate surface area is 265 Å². The van der Waals surface area contributed by atoms with Crippen LogP contribution in [0.5, 0.6) is 11.5 Å². The first-order valence-electron chi connectivity index (χ1n) is 14.2. The lowest BCUT2D eigenvalue weighted by Gasteiger charge is -2.36. The summed E-state index contributed by atoms with van der Waals surface area (Å²) in [7, 11) is -1.40. The van der Waals surface area contributed by atoms with Gasteiger partial charge in [0, 0.05) is 23.6 Å². The number of methoxy groups -OCH3 is 2. The number of hydrogen-bond donors (Lipinski definition) is 0. The van der Waals surface area contributed by atoms with Crippen molar-refractivity contribution in [1.29, 1.82) is 0 Å². The summed E-state index contributed by atoms with van der Waals surface area (Å²) in [4.78, 5) is 13.1. The van der Waals surface area contributed by atoms with Gasteiger partial charge in [-0.05, 0) is 72.4 Å². The summed E-state index contributed by atoms with van der Waals surface area (Å²) in [5.41, 5.74) is 0.525. The van der Waals surface area contributed by atoms with E-state index in [1.54, 1.807) is 24.3 Å². The van der Waals surface area contributed by atoms with Crippen molar-refractivity contribution in [2.45, 2.75) is 42.7 Å². The molecule has 1 fully saturated rings. The van der Waals surface area contributed by atoms with Gasteiger partial charge in [-0.15, -0.1) is 13.2 Å². The number of nitrogens with zero attached hydrogens (tertiary/aromatic N) is 3. The molecule has 6 rings (SSSR count). The first-order valence-corrected chi connectivity index (χ1v) is 15.7. The molecule has 47 heavy (non-hydrogen) atoms. The van der Waals surface area contributed by atoms with Gasteiger partial charge in [-0.2, -0.15) is 0 Å². The number of hydrogen-bond acceptors (Lipinski definition) is 8. The fraction of sp³-hybridized carbons (Fsp3) is 0.250. The van der Waals surface area contributed by atoms with Crippen molar-refractivity contribution in [2.75, 3.05) is 18.5 Å². The summed E-state index contributed by atoms with van der Waals surface area (Å²) in [6, 6.07) is 17.5. The molecule has 0 N–H and O–H groups in total. The van der Waals surface area contributed by atoms with E-state index >= 15 is 4.39 Å². The van der Waals surface area contributed by atoms with Crippen LogP contribution in [0.2, 0.25) is 0 Å². The molecule has 15 heteroatoms. The Bertz CT molecular complexity index is 2080. The molecule has 0 amide bonds. The van der Waals surface area contributed by atoms with Crippen molar-refractivity contribution in [1.82, 2.24) is 9.72 Å². The second-order valence-electron chi connectivity index (χ2n) is 10.8. The summed E-state index contributed by atoms with van der Waals surface area (Å²) in [6.07, 6.45) is -4.67. The molecular formula is C32H27F4N3O7S. The van der Waals surface area contributed by atoms with E-state index in [2.05, 4.69) is 9.89 Å². The maximum Gasteiger partial charge on any atom is 0.522 e. The highest BCUT2D eigenvalue weighted by atomic mass is 32.2. The van der Waals surface area contributed by atoms with Crippen LogP contribution >= 0.6 is 0 Å². The van der Waals surface area contributed by atoms with E-state index in [1.165, 1.54) is 67.5 Å². The van der Waals surface area contributed by atoms with E-state index in [1.807, 2.05) is 0 Å². The normalized spacial score (nSPS) is 16.6. The third-order valence-corrected chi connectivity index (χ3v) is 9.74. The highest BCUT2D eigenvalue weighted by Gasteiger charge is 2.41. The zero-order chi connectivity index (χ0) is 33.5. The average Bonchev–Trinajstić information content (AvgIpc) is 3.56. The molecule has 0 aliphatic heterocycles. The molecule has 5 aromatic rings. The predicted octanol–water partition coefficient (Wildman–Crippen LogP) is 6.31. The summed E-state index contributed by atoms with van der Waals surface area (Å²) in [6.45, 7) is -0.0801. The van der Waals surface area contributed by atoms with Gasteiger partial charge in [0.2, 0.25) is 0 Å². The molecule has 1 aliphatic carbocycles. The van der Waals surface area contributed by atoms with Gasteiger partial charge in [0.05, 0.1) is 43.0 Å². The number of ether oxygens (including phenoxy) is 3. The van der Waals surface area contributed by atoms with Gasteiger partial charge in [0.1, 0.15) is 23.6 Å². The summed E-state index contributed by atoms with van der Waals surface area (Å²) in [5, 5.41) is 4.18. The Hall–Kier alpha value is -4.89. The van der Waals surface area contributed by atoms with Gasteiger partial charge in [0.15, 0.2) is 5.82 Å². The van der Waals surface area contributed by atoms with Crippen LogP contribution in [0.25, 0.3) is 16.6 Å². The second kappa shape index (κ2) is 12.4. The summed E-state index contributed by atoms with van der Waals surface area (Å²) >= 11 is 0. The lowest BCUT2D eigenvalue weighted by molar-refractivity contribution is -0.351. The van der Waals surface area contributed by atoms with E-state index in [0.29, 0.717) is 16.7 Å². The van der Waals surface area contributed by atoms with Crippen LogP contribution in [0.4, 0.5) is 23.4 Å². The first kappa shape index (κ1) is 32.1. The van der Waals surface area contributed by atoms with Crippen molar-refractivity contribution in [2.24, 2.45) is 0 Å². The van der Waals surface area contributed by atoms with Gasteiger partial charge < -0.3 is 14.0 Å². The molecule has 2 aromatic heterocycles. The number of pyridine rings is 1.